The minimum Gasteiger partial charge on any atom is -0.462 e. The van der Waals surface area contributed by atoms with Crippen LogP contribution in [0, 0.1) is 0 Å². The number of furan rings is 1. The number of nitrogens with two attached hydrogens (primary N) is 1. The zero-order chi connectivity index (χ0) is 10.4. The van der Waals surface area contributed by atoms with Gasteiger partial charge in [-0.05, 0) is 25.5 Å². The van der Waals surface area contributed by atoms with Gasteiger partial charge in [-0.15, -0.1) is 6.58 Å². The van der Waals surface area contributed by atoms with Crippen LogP contribution < -0.4 is 5.73 Å². The first-order valence-corrected chi connectivity index (χ1v) is 4.72. The Morgan fingerprint density at radius 2 is 2.21 bits per heavy atom. The Labute approximate surface area is 84.5 Å². The van der Waals surface area contributed by atoms with E-state index in [1.54, 1.807) is 0 Å². The summed E-state index contributed by atoms with van der Waals surface area (Å²) in [6, 6.07) is 3.76. The van der Waals surface area contributed by atoms with Crippen molar-refractivity contribution in [1.82, 2.24) is 0 Å². The second kappa shape index (κ2) is 5.62. The molecule has 3 nitrogen and oxygen atoms in total. The first-order chi connectivity index (χ1) is 6.72. The molecule has 1 aromatic heterocycles. The molecule has 1 heterocycles. The molecule has 0 fully saturated rings. The van der Waals surface area contributed by atoms with Gasteiger partial charge in [0, 0.05) is 0 Å². The van der Waals surface area contributed by atoms with E-state index in [0.717, 1.165) is 23.5 Å². The quantitative estimate of drug-likeness (QED) is 0.559. The molecule has 1 rings (SSSR count). The van der Waals surface area contributed by atoms with E-state index in [4.69, 9.17) is 14.9 Å². The highest BCUT2D eigenvalue weighted by Gasteiger charge is 1.99. The van der Waals surface area contributed by atoms with Gasteiger partial charge in [0.05, 0.1) is 13.2 Å². The van der Waals surface area contributed by atoms with Crippen molar-refractivity contribution in [2.45, 2.75) is 26.5 Å². The molecule has 0 aromatic carbocycles. The van der Waals surface area contributed by atoms with Gasteiger partial charge in [0.1, 0.15) is 18.1 Å². The number of hydrogen-bond donors (Lipinski definition) is 1. The summed E-state index contributed by atoms with van der Waals surface area (Å²) >= 11 is 0. The Kier molecular flexibility index (Phi) is 4.43. The van der Waals surface area contributed by atoms with E-state index in [0.29, 0.717) is 19.8 Å². The van der Waals surface area contributed by atoms with Gasteiger partial charge in [-0.3, -0.25) is 0 Å². The topological polar surface area (TPSA) is 48.4 Å². The Morgan fingerprint density at radius 3 is 2.79 bits per heavy atom. The van der Waals surface area contributed by atoms with Gasteiger partial charge in [-0.2, -0.15) is 0 Å². The molecule has 0 aliphatic carbocycles. The average Bonchev–Trinajstić information content (AvgIpc) is 2.60. The number of rotatable bonds is 6. The highest BCUT2D eigenvalue weighted by molar-refractivity contribution is 5.05. The van der Waals surface area contributed by atoms with Crippen LogP contribution in [0.5, 0.6) is 0 Å². The van der Waals surface area contributed by atoms with Crippen molar-refractivity contribution in [3.05, 3.63) is 35.8 Å². The zero-order valence-corrected chi connectivity index (χ0v) is 8.58. The van der Waals surface area contributed by atoms with Crippen LogP contribution in [0.3, 0.4) is 0 Å². The maximum Gasteiger partial charge on any atom is 0.129 e. The Morgan fingerprint density at radius 1 is 1.50 bits per heavy atom. The van der Waals surface area contributed by atoms with Crippen LogP contribution in [-0.4, -0.2) is 6.61 Å². The van der Waals surface area contributed by atoms with Crippen LogP contribution in [0.4, 0.5) is 0 Å². The maximum absolute atomic E-state index is 5.41. The van der Waals surface area contributed by atoms with Crippen LogP contribution in [-0.2, 0) is 17.9 Å². The summed E-state index contributed by atoms with van der Waals surface area (Å²) in [5.74, 6) is 1.62. The summed E-state index contributed by atoms with van der Waals surface area (Å²) in [5, 5.41) is 0. The van der Waals surface area contributed by atoms with Gasteiger partial charge in [0.15, 0.2) is 0 Å². The van der Waals surface area contributed by atoms with Gasteiger partial charge < -0.3 is 14.9 Å². The molecule has 1 aromatic rings. The lowest BCUT2D eigenvalue weighted by Crippen LogP contribution is -1.95. The third-order valence-corrected chi connectivity index (χ3v) is 1.84. The molecule has 0 unspecified atom stereocenters. The highest BCUT2D eigenvalue weighted by Crippen LogP contribution is 2.08. The van der Waals surface area contributed by atoms with E-state index in [1.807, 2.05) is 19.1 Å². The standard InChI is InChI=1S/C11H17NO2/c1-9(2)5-6-13-8-11-4-3-10(7-12)14-11/h3-4H,1,5-8,12H2,2H3. The minimum absolute atomic E-state index is 0.436. The van der Waals surface area contributed by atoms with Crippen molar-refractivity contribution in [2.24, 2.45) is 5.73 Å². The summed E-state index contributed by atoms with van der Waals surface area (Å²) in [7, 11) is 0. The first-order valence-electron chi connectivity index (χ1n) is 4.72. The third kappa shape index (κ3) is 3.77. The second-order valence-electron chi connectivity index (χ2n) is 3.33. The van der Waals surface area contributed by atoms with Crippen LogP contribution >= 0.6 is 0 Å². The van der Waals surface area contributed by atoms with E-state index >= 15 is 0 Å². The molecule has 0 saturated carbocycles. The van der Waals surface area contributed by atoms with Gasteiger partial charge in [0.2, 0.25) is 0 Å². The molecule has 0 spiro atoms. The third-order valence-electron chi connectivity index (χ3n) is 1.84. The maximum atomic E-state index is 5.41. The fourth-order valence-corrected chi connectivity index (χ4v) is 1.03. The molecular formula is C11H17NO2. The van der Waals surface area contributed by atoms with E-state index in [9.17, 15) is 0 Å². The highest BCUT2D eigenvalue weighted by atomic mass is 16.5. The van der Waals surface area contributed by atoms with Crippen LogP contribution in [0.2, 0.25) is 0 Å². The van der Waals surface area contributed by atoms with E-state index in [2.05, 4.69) is 6.58 Å². The van der Waals surface area contributed by atoms with Gasteiger partial charge in [-0.1, -0.05) is 5.57 Å². The number of hydrogen-bond acceptors (Lipinski definition) is 3. The predicted molar refractivity (Wildman–Crippen MR) is 55.7 cm³/mol. The van der Waals surface area contributed by atoms with Crippen molar-refractivity contribution in [3.8, 4) is 0 Å². The molecule has 0 aliphatic rings. The molecule has 2 N–H and O–H groups in total. The van der Waals surface area contributed by atoms with E-state index in [1.165, 1.54) is 0 Å². The van der Waals surface area contributed by atoms with Crippen LogP contribution in [0.15, 0.2) is 28.7 Å². The minimum atomic E-state index is 0.436. The van der Waals surface area contributed by atoms with Crippen molar-refractivity contribution < 1.29 is 9.15 Å². The number of ether oxygens (including phenoxy) is 1. The normalized spacial score (nSPS) is 10.4. The first kappa shape index (κ1) is 11.0. The summed E-state index contributed by atoms with van der Waals surface area (Å²) in [4.78, 5) is 0. The molecule has 0 radical (unpaired) electrons. The van der Waals surface area contributed by atoms with Crippen molar-refractivity contribution >= 4 is 0 Å². The predicted octanol–water partition coefficient (Wildman–Crippen LogP) is 2.22. The zero-order valence-electron chi connectivity index (χ0n) is 8.58. The summed E-state index contributed by atoms with van der Waals surface area (Å²) in [6.45, 7) is 7.42. The lowest BCUT2D eigenvalue weighted by atomic mass is 10.3. The monoisotopic (exact) mass is 195 g/mol. The smallest absolute Gasteiger partial charge is 0.129 e. The summed E-state index contributed by atoms with van der Waals surface area (Å²) in [5.41, 5.74) is 6.54. The summed E-state index contributed by atoms with van der Waals surface area (Å²) < 4.78 is 10.8. The van der Waals surface area contributed by atoms with Crippen molar-refractivity contribution in [2.75, 3.05) is 6.61 Å². The van der Waals surface area contributed by atoms with Crippen LogP contribution in [0.25, 0.3) is 0 Å². The molecule has 0 amide bonds. The Balaban J connectivity index is 2.21. The molecule has 0 aliphatic heterocycles. The lowest BCUT2D eigenvalue weighted by molar-refractivity contribution is 0.108. The summed E-state index contributed by atoms with van der Waals surface area (Å²) in [6.07, 6.45) is 0.893. The van der Waals surface area contributed by atoms with E-state index in [-0.39, 0.29) is 0 Å². The van der Waals surface area contributed by atoms with Crippen LogP contribution in [0.1, 0.15) is 24.9 Å². The molecule has 0 bridgehead atoms. The van der Waals surface area contributed by atoms with Gasteiger partial charge in [-0.25, -0.2) is 0 Å². The van der Waals surface area contributed by atoms with Gasteiger partial charge in [0.25, 0.3) is 0 Å². The van der Waals surface area contributed by atoms with Crippen molar-refractivity contribution in [1.29, 1.82) is 0 Å². The largest absolute Gasteiger partial charge is 0.462 e. The second-order valence-corrected chi connectivity index (χ2v) is 3.33. The molecule has 14 heavy (non-hydrogen) atoms. The Bertz CT molecular complexity index is 291. The fraction of sp³-hybridized carbons (Fsp3) is 0.455. The molecule has 0 atom stereocenters. The molecule has 3 heteroatoms. The molecule has 0 saturated heterocycles. The fourth-order valence-electron chi connectivity index (χ4n) is 1.03. The van der Waals surface area contributed by atoms with Crippen molar-refractivity contribution in [3.63, 3.8) is 0 Å². The average molecular weight is 195 g/mol. The molecule has 78 valence electrons. The SMILES string of the molecule is C=C(C)CCOCc1ccc(CN)o1. The Hall–Kier alpha value is -1.06. The van der Waals surface area contributed by atoms with Gasteiger partial charge >= 0.3 is 0 Å². The van der Waals surface area contributed by atoms with E-state index < -0.39 is 0 Å². The molecular weight excluding hydrogens is 178 g/mol. The lowest BCUT2D eigenvalue weighted by Gasteiger charge is -2.01.